The molecule has 0 unspecified atom stereocenters. The van der Waals surface area contributed by atoms with Crippen molar-refractivity contribution in [1.82, 2.24) is 0 Å². The quantitative estimate of drug-likeness (QED) is 0.470. The number of halogens is 6. The zero-order valence-electron chi connectivity index (χ0n) is 12.2. The van der Waals surface area contributed by atoms with Crippen LogP contribution in [0.5, 0.6) is 0 Å². The summed E-state index contributed by atoms with van der Waals surface area (Å²) in [6, 6.07) is 2.66. The Morgan fingerprint density at radius 3 is 1.67 bits per heavy atom. The Hall–Kier alpha value is -2.06. The van der Waals surface area contributed by atoms with Crippen molar-refractivity contribution in [2.24, 2.45) is 0 Å². The Bertz CT molecular complexity index is 609. The van der Waals surface area contributed by atoms with Gasteiger partial charge in [-0.1, -0.05) is 55.7 Å². The summed E-state index contributed by atoms with van der Waals surface area (Å²) in [6.45, 7) is 6.18. The molecule has 1 aromatic carbocycles. The van der Waals surface area contributed by atoms with E-state index in [1.54, 1.807) is 0 Å². The van der Waals surface area contributed by atoms with Gasteiger partial charge in [-0.25, -0.2) is 0 Å². The van der Waals surface area contributed by atoms with Gasteiger partial charge in [-0.2, -0.15) is 26.3 Å². The molecular weight excluding hydrogens is 338 g/mol. The van der Waals surface area contributed by atoms with Crippen LogP contribution in [0, 0.1) is 0 Å². The molecule has 0 aliphatic rings. The Morgan fingerprint density at radius 1 is 0.917 bits per heavy atom. The van der Waals surface area contributed by atoms with Crippen LogP contribution in [0.3, 0.4) is 0 Å². The van der Waals surface area contributed by atoms with Crippen LogP contribution in [-0.4, -0.2) is 22.6 Å². The third-order valence-corrected chi connectivity index (χ3v) is 3.44. The van der Waals surface area contributed by atoms with Gasteiger partial charge in [0.25, 0.3) is 0 Å². The molecule has 0 bridgehead atoms. The fourth-order valence-corrected chi connectivity index (χ4v) is 2.36. The topological polar surface area (TPSA) is 40.5 Å². The van der Waals surface area contributed by atoms with E-state index in [1.807, 2.05) is 0 Å². The summed E-state index contributed by atoms with van der Waals surface area (Å²) in [4.78, 5) is 0. The van der Waals surface area contributed by atoms with Crippen molar-refractivity contribution >= 4 is 0 Å². The molecular formula is C16H14F6O2. The first kappa shape index (κ1) is 20.0. The van der Waals surface area contributed by atoms with Crippen molar-refractivity contribution in [1.29, 1.82) is 0 Å². The lowest BCUT2D eigenvalue weighted by Gasteiger charge is -2.39. The fraction of sp³-hybridized carbons (Fsp3) is 0.250. The lowest BCUT2D eigenvalue weighted by atomic mass is 9.72. The number of benzene rings is 1. The van der Waals surface area contributed by atoms with Crippen LogP contribution >= 0.6 is 0 Å². The van der Waals surface area contributed by atoms with Gasteiger partial charge < -0.3 is 10.2 Å². The van der Waals surface area contributed by atoms with E-state index in [0.717, 1.165) is 18.2 Å². The van der Waals surface area contributed by atoms with Crippen LogP contribution in [-0.2, 0) is 5.41 Å². The van der Waals surface area contributed by atoms with Gasteiger partial charge in [0.15, 0.2) is 6.29 Å². The number of hydrogen-bond donors (Lipinski definition) is 2. The number of allylic oxidation sites excluding steroid dienone is 4. The molecule has 0 atom stereocenters. The highest BCUT2D eigenvalue weighted by Gasteiger charge is 2.72. The van der Waals surface area contributed by atoms with Gasteiger partial charge in [-0.05, 0) is 11.1 Å². The SMILES string of the molecule is C=CC=C(C=C)C(c1ccc(C(O)O)cc1)(C(F)(F)F)C(F)(F)F. The minimum Gasteiger partial charge on any atom is -0.364 e. The molecule has 0 aliphatic carbocycles. The van der Waals surface area contributed by atoms with Gasteiger partial charge in [0, 0.05) is 5.56 Å². The Labute approximate surface area is 134 Å². The number of alkyl halides is 6. The van der Waals surface area contributed by atoms with Crippen molar-refractivity contribution in [2.75, 3.05) is 0 Å². The third kappa shape index (κ3) is 3.25. The molecule has 0 fully saturated rings. The molecule has 132 valence electrons. The first-order valence-electron chi connectivity index (χ1n) is 6.49. The number of hydrogen-bond acceptors (Lipinski definition) is 2. The Morgan fingerprint density at radius 2 is 1.38 bits per heavy atom. The second-order valence-electron chi connectivity index (χ2n) is 4.80. The van der Waals surface area contributed by atoms with Gasteiger partial charge >= 0.3 is 12.4 Å². The van der Waals surface area contributed by atoms with E-state index in [-0.39, 0.29) is 5.56 Å². The van der Waals surface area contributed by atoms with E-state index in [4.69, 9.17) is 10.2 Å². The number of rotatable bonds is 5. The van der Waals surface area contributed by atoms with Gasteiger partial charge in [0.1, 0.15) is 0 Å². The van der Waals surface area contributed by atoms with Crippen LogP contribution in [0.4, 0.5) is 26.3 Å². The summed E-state index contributed by atoms with van der Waals surface area (Å²) in [5, 5.41) is 17.9. The van der Waals surface area contributed by atoms with Crippen molar-refractivity contribution in [3.05, 3.63) is 72.4 Å². The molecule has 8 heteroatoms. The molecule has 0 heterocycles. The second-order valence-corrected chi connectivity index (χ2v) is 4.80. The van der Waals surface area contributed by atoms with Crippen LogP contribution in [0.2, 0.25) is 0 Å². The molecule has 1 rings (SSSR count). The smallest absolute Gasteiger partial charge is 0.364 e. The summed E-state index contributed by atoms with van der Waals surface area (Å²) in [6.07, 6.45) is -11.6. The molecule has 1 aromatic rings. The summed E-state index contributed by atoms with van der Waals surface area (Å²) in [5.74, 6) is 0. The Balaban J connectivity index is 3.85. The fourth-order valence-electron chi connectivity index (χ4n) is 2.36. The maximum Gasteiger partial charge on any atom is 0.411 e. The molecule has 0 amide bonds. The van der Waals surface area contributed by atoms with Crippen LogP contribution < -0.4 is 0 Å². The molecule has 2 N–H and O–H groups in total. The number of aliphatic hydroxyl groups is 2. The van der Waals surface area contributed by atoms with Gasteiger partial charge in [0.2, 0.25) is 5.41 Å². The zero-order valence-corrected chi connectivity index (χ0v) is 12.2. The summed E-state index contributed by atoms with van der Waals surface area (Å²) < 4.78 is 81.8. The molecule has 24 heavy (non-hydrogen) atoms. The lowest BCUT2D eigenvalue weighted by Crippen LogP contribution is -2.55. The summed E-state index contributed by atoms with van der Waals surface area (Å²) in [7, 11) is 0. The summed E-state index contributed by atoms with van der Waals surface area (Å²) in [5.41, 5.74) is -6.84. The predicted octanol–water partition coefficient (Wildman–Crippen LogP) is 4.33. The highest BCUT2D eigenvalue weighted by Crippen LogP contribution is 2.56. The molecule has 0 saturated heterocycles. The largest absolute Gasteiger partial charge is 0.411 e. The lowest BCUT2D eigenvalue weighted by molar-refractivity contribution is -0.288. The van der Waals surface area contributed by atoms with Crippen LogP contribution in [0.25, 0.3) is 0 Å². The van der Waals surface area contributed by atoms with Crippen LogP contribution in [0.1, 0.15) is 17.4 Å². The van der Waals surface area contributed by atoms with Crippen molar-refractivity contribution < 1.29 is 36.6 Å². The van der Waals surface area contributed by atoms with Crippen molar-refractivity contribution in [2.45, 2.75) is 24.1 Å². The average Bonchev–Trinajstić information content (AvgIpc) is 2.44. The highest BCUT2D eigenvalue weighted by atomic mass is 19.4. The highest BCUT2D eigenvalue weighted by molar-refractivity contribution is 5.47. The minimum absolute atomic E-state index is 0.246. The van der Waals surface area contributed by atoms with E-state index >= 15 is 0 Å². The Kier molecular flexibility index (Phi) is 5.68. The van der Waals surface area contributed by atoms with E-state index in [0.29, 0.717) is 24.3 Å². The molecule has 0 saturated carbocycles. The predicted molar refractivity (Wildman–Crippen MR) is 75.9 cm³/mol. The first-order valence-corrected chi connectivity index (χ1v) is 6.49. The van der Waals surface area contributed by atoms with E-state index in [1.165, 1.54) is 0 Å². The zero-order chi connectivity index (χ0) is 18.8. The maximum absolute atomic E-state index is 13.6. The molecule has 0 spiro atoms. The maximum atomic E-state index is 13.6. The van der Waals surface area contributed by atoms with E-state index in [9.17, 15) is 26.3 Å². The van der Waals surface area contributed by atoms with Crippen molar-refractivity contribution in [3.8, 4) is 0 Å². The average molecular weight is 352 g/mol. The van der Waals surface area contributed by atoms with Gasteiger partial charge in [-0.15, -0.1) is 0 Å². The van der Waals surface area contributed by atoms with E-state index in [2.05, 4.69) is 13.2 Å². The molecule has 0 aliphatic heterocycles. The standard InChI is InChI=1S/C16H14F6O2/c1-3-5-11(4-2)14(15(17,18)19,16(20,21)22)12-8-6-10(7-9-12)13(23)24/h3-9,13,23-24H,1-2H2. The first-order chi connectivity index (χ1) is 10.9. The van der Waals surface area contributed by atoms with E-state index < -0.39 is 35.2 Å². The molecule has 0 aromatic heterocycles. The monoisotopic (exact) mass is 352 g/mol. The van der Waals surface area contributed by atoms with Crippen LogP contribution in [0.15, 0.2) is 61.2 Å². The summed E-state index contributed by atoms with van der Waals surface area (Å²) >= 11 is 0. The number of aliphatic hydroxyl groups excluding tert-OH is 1. The minimum atomic E-state index is -5.73. The van der Waals surface area contributed by atoms with Crippen molar-refractivity contribution in [3.63, 3.8) is 0 Å². The molecule has 0 radical (unpaired) electrons. The second kappa shape index (κ2) is 6.82. The molecule has 2 nitrogen and oxygen atoms in total. The van der Waals surface area contributed by atoms with Gasteiger partial charge in [-0.3, -0.25) is 0 Å². The van der Waals surface area contributed by atoms with Gasteiger partial charge in [0.05, 0.1) is 0 Å². The third-order valence-electron chi connectivity index (χ3n) is 3.44. The normalized spacial score (nSPS) is 14.0.